The van der Waals surface area contributed by atoms with Gasteiger partial charge in [-0.05, 0) is 7.05 Å². The molecule has 13 heavy (non-hydrogen) atoms. The van der Waals surface area contributed by atoms with Gasteiger partial charge >= 0.3 is 0 Å². The van der Waals surface area contributed by atoms with Gasteiger partial charge in [0.05, 0.1) is 0 Å². The lowest BCUT2D eigenvalue weighted by Gasteiger charge is -2.32. The van der Waals surface area contributed by atoms with E-state index in [9.17, 15) is 8.42 Å². The van der Waals surface area contributed by atoms with E-state index in [-0.39, 0.29) is 0 Å². The number of likely N-dealkylation sites (N-methyl/N-ethyl adjacent to an activating group) is 1. The van der Waals surface area contributed by atoms with Gasteiger partial charge in [-0.3, -0.25) is 0 Å². The zero-order valence-corrected chi connectivity index (χ0v) is 9.21. The molecule has 0 saturated carbocycles. The molecule has 0 aromatic carbocycles. The van der Waals surface area contributed by atoms with Crippen LogP contribution in [0.25, 0.3) is 0 Å². The zero-order valence-electron chi connectivity index (χ0n) is 8.39. The van der Waals surface area contributed by atoms with Crippen LogP contribution in [-0.4, -0.2) is 69.3 Å². The number of rotatable bonds is 2. The fraction of sp³-hybridized carbons (Fsp3) is 1.00. The predicted octanol–water partition coefficient (Wildman–Crippen LogP) is -0.960. The van der Waals surface area contributed by atoms with Crippen LogP contribution in [0.2, 0.25) is 0 Å². The Morgan fingerprint density at radius 1 is 1.08 bits per heavy atom. The lowest BCUT2D eigenvalue weighted by molar-refractivity contribution is 0.216. The molecule has 1 aliphatic rings. The van der Waals surface area contributed by atoms with Crippen LogP contribution in [0.1, 0.15) is 0 Å². The van der Waals surface area contributed by atoms with Crippen molar-refractivity contribution < 1.29 is 8.42 Å². The molecule has 0 aromatic heterocycles. The maximum Gasteiger partial charge on any atom is 0.281 e. The lowest BCUT2D eigenvalue weighted by Crippen LogP contribution is -2.50. The van der Waals surface area contributed by atoms with Gasteiger partial charge in [0.2, 0.25) is 0 Å². The highest BCUT2D eigenvalue weighted by molar-refractivity contribution is 7.86. The summed E-state index contributed by atoms with van der Waals surface area (Å²) in [5, 5.41) is 0. The summed E-state index contributed by atoms with van der Waals surface area (Å²) in [6, 6.07) is 0. The van der Waals surface area contributed by atoms with Gasteiger partial charge in [-0.2, -0.15) is 17.0 Å². The molecule has 0 unspecified atom stereocenters. The van der Waals surface area contributed by atoms with Crippen molar-refractivity contribution in [1.29, 1.82) is 0 Å². The van der Waals surface area contributed by atoms with Crippen LogP contribution in [0.4, 0.5) is 0 Å². The lowest BCUT2D eigenvalue weighted by atomic mass is 10.4. The van der Waals surface area contributed by atoms with E-state index in [1.807, 2.05) is 7.05 Å². The SMILES string of the molecule is CN1CCN(S(=O)(=O)N(C)C)CC1. The van der Waals surface area contributed by atoms with Gasteiger partial charge in [-0.15, -0.1) is 0 Å². The van der Waals surface area contributed by atoms with E-state index in [1.165, 1.54) is 8.61 Å². The molecule has 0 amide bonds. The molecule has 0 bridgehead atoms. The zero-order chi connectivity index (χ0) is 10.1. The van der Waals surface area contributed by atoms with Gasteiger partial charge in [-0.25, -0.2) is 0 Å². The normalized spacial score (nSPS) is 22.5. The fourth-order valence-corrected chi connectivity index (χ4v) is 2.34. The van der Waals surface area contributed by atoms with Gasteiger partial charge in [0.25, 0.3) is 10.2 Å². The number of hydrogen-bond acceptors (Lipinski definition) is 3. The molecule has 78 valence electrons. The minimum absolute atomic E-state index is 0.594. The molecule has 1 fully saturated rings. The van der Waals surface area contributed by atoms with Crippen molar-refractivity contribution in [3.63, 3.8) is 0 Å². The second-order valence-electron chi connectivity index (χ2n) is 3.49. The molecule has 0 aromatic rings. The fourth-order valence-electron chi connectivity index (χ4n) is 1.25. The van der Waals surface area contributed by atoms with E-state index in [0.717, 1.165) is 13.1 Å². The van der Waals surface area contributed by atoms with Crippen LogP contribution in [0.15, 0.2) is 0 Å². The van der Waals surface area contributed by atoms with Crippen molar-refractivity contribution in [3.05, 3.63) is 0 Å². The second kappa shape index (κ2) is 3.91. The summed E-state index contributed by atoms with van der Waals surface area (Å²) in [6.45, 7) is 2.81. The monoisotopic (exact) mass is 207 g/mol. The summed E-state index contributed by atoms with van der Waals surface area (Å²) >= 11 is 0. The van der Waals surface area contributed by atoms with Gasteiger partial charge < -0.3 is 4.90 Å². The van der Waals surface area contributed by atoms with Gasteiger partial charge in [0, 0.05) is 40.3 Å². The Morgan fingerprint density at radius 2 is 1.54 bits per heavy atom. The summed E-state index contributed by atoms with van der Waals surface area (Å²) in [7, 11) is 1.94. The van der Waals surface area contributed by atoms with Crippen LogP contribution in [-0.2, 0) is 10.2 Å². The Morgan fingerprint density at radius 3 is 1.92 bits per heavy atom. The summed E-state index contributed by atoms with van der Waals surface area (Å²) in [6.07, 6.45) is 0. The first-order chi connectivity index (χ1) is 5.94. The molecule has 1 heterocycles. The molecule has 1 rings (SSSR count). The third-order valence-electron chi connectivity index (χ3n) is 2.25. The van der Waals surface area contributed by atoms with Crippen LogP contribution in [0, 0.1) is 0 Å². The summed E-state index contributed by atoms with van der Waals surface area (Å²) in [5.41, 5.74) is 0. The Balaban J connectivity index is 2.64. The molecule has 0 radical (unpaired) electrons. The highest BCUT2D eigenvalue weighted by atomic mass is 32.2. The van der Waals surface area contributed by atoms with Crippen molar-refractivity contribution in [2.45, 2.75) is 0 Å². The number of nitrogens with zero attached hydrogens (tertiary/aromatic N) is 3. The van der Waals surface area contributed by atoms with Crippen molar-refractivity contribution in [1.82, 2.24) is 13.5 Å². The quantitative estimate of drug-likeness (QED) is 0.586. The van der Waals surface area contributed by atoms with E-state index >= 15 is 0 Å². The summed E-state index contributed by atoms with van der Waals surface area (Å²) in [4.78, 5) is 2.13. The van der Waals surface area contributed by atoms with Gasteiger partial charge in [0.15, 0.2) is 0 Å². The molecule has 1 saturated heterocycles. The molecule has 0 N–H and O–H groups in total. The molecular formula is C7H17N3O2S. The third kappa shape index (κ3) is 2.40. The Kier molecular flexibility index (Phi) is 3.28. The predicted molar refractivity (Wildman–Crippen MR) is 51.7 cm³/mol. The van der Waals surface area contributed by atoms with Crippen molar-refractivity contribution in [2.75, 3.05) is 47.3 Å². The maximum absolute atomic E-state index is 11.6. The Bertz CT molecular complexity index is 255. The second-order valence-corrected chi connectivity index (χ2v) is 5.63. The van der Waals surface area contributed by atoms with E-state index in [0.29, 0.717) is 13.1 Å². The van der Waals surface area contributed by atoms with Crippen LogP contribution >= 0.6 is 0 Å². The molecule has 5 nitrogen and oxygen atoms in total. The Hall–Kier alpha value is -0.170. The molecule has 6 heteroatoms. The summed E-state index contributed by atoms with van der Waals surface area (Å²) < 4.78 is 26.0. The van der Waals surface area contributed by atoms with Gasteiger partial charge in [0.1, 0.15) is 0 Å². The first-order valence-corrected chi connectivity index (χ1v) is 5.70. The molecular weight excluding hydrogens is 190 g/mol. The Labute approximate surface area is 80.1 Å². The average Bonchev–Trinajstić information content (AvgIpc) is 2.04. The standard InChI is InChI=1S/C7H17N3O2S/c1-8(2)13(11,12)10-6-4-9(3)5-7-10/h4-7H2,1-3H3. The summed E-state index contributed by atoms with van der Waals surface area (Å²) in [5.74, 6) is 0. The van der Waals surface area contributed by atoms with Crippen molar-refractivity contribution >= 4 is 10.2 Å². The number of hydrogen-bond donors (Lipinski definition) is 0. The minimum Gasteiger partial charge on any atom is -0.304 e. The molecule has 0 atom stereocenters. The average molecular weight is 207 g/mol. The van der Waals surface area contributed by atoms with E-state index < -0.39 is 10.2 Å². The highest BCUT2D eigenvalue weighted by Gasteiger charge is 2.26. The van der Waals surface area contributed by atoms with E-state index in [1.54, 1.807) is 14.1 Å². The van der Waals surface area contributed by atoms with Crippen molar-refractivity contribution in [3.8, 4) is 0 Å². The molecule has 1 aliphatic heterocycles. The molecule has 0 spiro atoms. The van der Waals surface area contributed by atoms with Gasteiger partial charge in [-0.1, -0.05) is 0 Å². The first-order valence-electron chi connectivity index (χ1n) is 4.31. The van der Waals surface area contributed by atoms with E-state index in [4.69, 9.17) is 0 Å². The first kappa shape index (κ1) is 10.9. The minimum atomic E-state index is -3.18. The molecule has 0 aliphatic carbocycles. The van der Waals surface area contributed by atoms with Crippen LogP contribution in [0.3, 0.4) is 0 Å². The largest absolute Gasteiger partial charge is 0.304 e. The number of piperazine rings is 1. The maximum atomic E-state index is 11.6. The smallest absolute Gasteiger partial charge is 0.281 e. The van der Waals surface area contributed by atoms with Crippen LogP contribution < -0.4 is 0 Å². The van der Waals surface area contributed by atoms with E-state index in [2.05, 4.69) is 4.90 Å². The van der Waals surface area contributed by atoms with Crippen molar-refractivity contribution in [2.24, 2.45) is 0 Å². The van der Waals surface area contributed by atoms with Crippen LogP contribution in [0.5, 0.6) is 0 Å². The third-order valence-corrected chi connectivity index (χ3v) is 4.19. The highest BCUT2D eigenvalue weighted by Crippen LogP contribution is 2.07. The topological polar surface area (TPSA) is 43.9 Å².